The summed E-state index contributed by atoms with van der Waals surface area (Å²) in [5.74, 6) is 0.849. The summed E-state index contributed by atoms with van der Waals surface area (Å²) in [6.07, 6.45) is 6.70. The van der Waals surface area contributed by atoms with Crippen molar-refractivity contribution in [2.45, 2.75) is 58.9 Å². The van der Waals surface area contributed by atoms with Gasteiger partial charge in [0.1, 0.15) is 0 Å². The molecule has 2 unspecified atom stereocenters. The van der Waals surface area contributed by atoms with Gasteiger partial charge in [0.05, 0.1) is 16.9 Å². The van der Waals surface area contributed by atoms with Gasteiger partial charge in [-0.1, -0.05) is 32.0 Å². The summed E-state index contributed by atoms with van der Waals surface area (Å²) < 4.78 is 0. The fourth-order valence-electron chi connectivity index (χ4n) is 7.24. The fraction of sp³-hybridized carbons (Fsp3) is 0.667. The predicted octanol–water partition coefficient (Wildman–Crippen LogP) is 4.55. The van der Waals surface area contributed by atoms with Crippen molar-refractivity contribution in [3.8, 4) is 0 Å². The monoisotopic (exact) mass is 356 g/mol. The van der Waals surface area contributed by atoms with Crippen molar-refractivity contribution in [3.05, 3.63) is 39.9 Å². The summed E-state index contributed by atoms with van der Waals surface area (Å²) in [5, 5.41) is 11.3. The third-order valence-corrected chi connectivity index (χ3v) is 7.02. The van der Waals surface area contributed by atoms with Crippen LogP contribution < -0.4 is 0 Å². The topological polar surface area (TPSA) is 63.4 Å². The zero-order valence-corrected chi connectivity index (χ0v) is 16.0. The SMILES string of the molecule is CN(Cc1ccccc1[N+](=O)[O-])C(=O)C12CC3CC(C)(CC(C)(C3)C1)C2. The minimum Gasteiger partial charge on any atom is -0.341 e. The average molecular weight is 356 g/mol. The molecule has 5 nitrogen and oxygen atoms in total. The summed E-state index contributed by atoms with van der Waals surface area (Å²) in [6.45, 7) is 5.02. The van der Waals surface area contributed by atoms with Gasteiger partial charge in [-0.2, -0.15) is 0 Å². The van der Waals surface area contributed by atoms with Crippen molar-refractivity contribution in [2.24, 2.45) is 22.2 Å². The lowest BCUT2D eigenvalue weighted by molar-refractivity contribution is -0.385. The molecule has 5 rings (SSSR count). The maximum absolute atomic E-state index is 13.5. The Labute approximate surface area is 154 Å². The van der Waals surface area contributed by atoms with Crippen molar-refractivity contribution in [1.82, 2.24) is 4.90 Å². The number of hydrogen-bond acceptors (Lipinski definition) is 3. The van der Waals surface area contributed by atoms with Gasteiger partial charge in [0.15, 0.2) is 0 Å². The minimum absolute atomic E-state index is 0.0941. The molecule has 0 aromatic heterocycles. The van der Waals surface area contributed by atoms with Crippen molar-refractivity contribution in [3.63, 3.8) is 0 Å². The van der Waals surface area contributed by atoms with E-state index in [9.17, 15) is 14.9 Å². The molecule has 0 spiro atoms. The second-order valence-corrected chi connectivity index (χ2v) is 9.96. The summed E-state index contributed by atoms with van der Waals surface area (Å²) in [7, 11) is 1.81. The molecule has 140 valence electrons. The van der Waals surface area contributed by atoms with E-state index in [1.807, 2.05) is 7.05 Å². The smallest absolute Gasteiger partial charge is 0.274 e. The number of nitro benzene ring substituents is 1. The number of benzene rings is 1. The Bertz CT molecular complexity index is 756. The normalized spacial score (nSPS) is 37.6. The first kappa shape index (κ1) is 17.5. The molecule has 4 aliphatic rings. The molecule has 1 amide bonds. The van der Waals surface area contributed by atoms with Crippen molar-refractivity contribution in [2.75, 3.05) is 7.05 Å². The largest absolute Gasteiger partial charge is 0.341 e. The van der Waals surface area contributed by atoms with Gasteiger partial charge in [-0.3, -0.25) is 14.9 Å². The highest BCUT2D eigenvalue weighted by Crippen LogP contribution is 2.69. The first-order valence-corrected chi connectivity index (χ1v) is 9.62. The first-order chi connectivity index (χ1) is 12.1. The second kappa shape index (κ2) is 5.54. The third-order valence-electron chi connectivity index (χ3n) is 7.02. The van der Waals surface area contributed by atoms with Crippen LogP contribution in [0.1, 0.15) is 57.9 Å². The van der Waals surface area contributed by atoms with E-state index in [1.54, 1.807) is 23.1 Å². The number of amides is 1. The fourth-order valence-corrected chi connectivity index (χ4v) is 7.24. The zero-order chi connectivity index (χ0) is 18.7. The van der Waals surface area contributed by atoms with Gasteiger partial charge in [0.25, 0.3) is 5.69 Å². The van der Waals surface area contributed by atoms with Crippen molar-refractivity contribution >= 4 is 11.6 Å². The Morgan fingerprint density at radius 3 is 2.35 bits per heavy atom. The van der Waals surface area contributed by atoms with Crippen LogP contribution in [0.15, 0.2) is 24.3 Å². The van der Waals surface area contributed by atoms with E-state index in [0.29, 0.717) is 18.0 Å². The van der Waals surface area contributed by atoms with E-state index < -0.39 is 0 Å². The van der Waals surface area contributed by atoms with Gasteiger partial charge < -0.3 is 4.90 Å². The molecule has 4 saturated carbocycles. The lowest BCUT2D eigenvalue weighted by Gasteiger charge is -2.65. The van der Waals surface area contributed by atoms with Crippen LogP contribution in [0.5, 0.6) is 0 Å². The number of carbonyl (C=O) groups is 1. The van der Waals surface area contributed by atoms with Gasteiger partial charge >= 0.3 is 0 Å². The number of nitrogens with zero attached hydrogens (tertiary/aromatic N) is 2. The molecule has 1 aromatic rings. The predicted molar refractivity (Wildman–Crippen MR) is 99.4 cm³/mol. The lowest BCUT2D eigenvalue weighted by Crippen LogP contribution is -2.59. The molecule has 4 fully saturated rings. The van der Waals surface area contributed by atoms with Crippen LogP contribution in [-0.4, -0.2) is 22.8 Å². The van der Waals surface area contributed by atoms with Crippen molar-refractivity contribution < 1.29 is 9.72 Å². The van der Waals surface area contributed by atoms with Gasteiger partial charge in [0, 0.05) is 18.7 Å². The third kappa shape index (κ3) is 2.72. The van der Waals surface area contributed by atoms with Gasteiger partial charge in [-0.15, -0.1) is 0 Å². The van der Waals surface area contributed by atoms with Crippen molar-refractivity contribution in [1.29, 1.82) is 0 Å². The minimum atomic E-state index is -0.361. The molecular weight excluding hydrogens is 328 g/mol. The number of rotatable bonds is 4. The molecule has 0 radical (unpaired) electrons. The molecular formula is C21H28N2O3. The molecule has 4 aliphatic carbocycles. The molecule has 4 bridgehead atoms. The zero-order valence-electron chi connectivity index (χ0n) is 16.0. The van der Waals surface area contributed by atoms with E-state index in [-0.39, 0.29) is 32.8 Å². The summed E-state index contributed by atoms with van der Waals surface area (Å²) in [4.78, 5) is 26.2. The Balaban J connectivity index is 1.59. The van der Waals surface area contributed by atoms with Crippen LogP contribution in [-0.2, 0) is 11.3 Å². The second-order valence-electron chi connectivity index (χ2n) is 9.96. The molecule has 0 aliphatic heterocycles. The van der Waals surface area contributed by atoms with Gasteiger partial charge in [0.2, 0.25) is 5.91 Å². The highest BCUT2D eigenvalue weighted by Gasteiger charge is 2.63. The van der Waals surface area contributed by atoms with Crippen LogP contribution in [0.25, 0.3) is 0 Å². The summed E-state index contributed by atoms with van der Waals surface area (Å²) in [5.41, 5.74) is 1.00. The van der Waals surface area contributed by atoms with Crippen LogP contribution >= 0.6 is 0 Å². The van der Waals surface area contributed by atoms with E-state index in [2.05, 4.69) is 13.8 Å². The molecule has 2 atom stereocenters. The van der Waals surface area contributed by atoms with Gasteiger partial charge in [-0.25, -0.2) is 0 Å². The average Bonchev–Trinajstić information content (AvgIpc) is 2.51. The van der Waals surface area contributed by atoms with E-state index in [4.69, 9.17) is 0 Å². The van der Waals surface area contributed by atoms with Crippen LogP contribution in [0.4, 0.5) is 5.69 Å². The molecule has 0 N–H and O–H groups in total. The highest BCUT2D eigenvalue weighted by molar-refractivity contribution is 5.83. The number of para-hydroxylation sites is 1. The van der Waals surface area contributed by atoms with Crippen LogP contribution in [0.2, 0.25) is 0 Å². The molecule has 1 aromatic carbocycles. The molecule has 5 heteroatoms. The Hall–Kier alpha value is -1.91. The molecule has 0 saturated heterocycles. The summed E-state index contributed by atoms with van der Waals surface area (Å²) >= 11 is 0. The summed E-state index contributed by atoms with van der Waals surface area (Å²) in [6, 6.07) is 6.74. The van der Waals surface area contributed by atoms with Crippen LogP contribution in [0, 0.1) is 32.3 Å². The van der Waals surface area contributed by atoms with Crippen LogP contribution in [0.3, 0.4) is 0 Å². The number of hydrogen-bond donors (Lipinski definition) is 0. The Morgan fingerprint density at radius 2 is 1.77 bits per heavy atom. The number of nitro groups is 1. The van der Waals surface area contributed by atoms with E-state index in [1.165, 1.54) is 25.3 Å². The van der Waals surface area contributed by atoms with E-state index >= 15 is 0 Å². The maximum atomic E-state index is 13.5. The van der Waals surface area contributed by atoms with E-state index in [0.717, 1.165) is 19.3 Å². The Kier molecular flexibility index (Phi) is 3.73. The molecule has 26 heavy (non-hydrogen) atoms. The first-order valence-electron chi connectivity index (χ1n) is 9.62. The standard InChI is InChI=1S/C21H28N2O3/c1-19-8-15-9-20(2,12-19)14-21(10-15,13-19)18(24)22(3)11-16-6-4-5-7-17(16)23(25)26/h4-7,15H,8-14H2,1-3H3. The highest BCUT2D eigenvalue weighted by atomic mass is 16.6. The molecule has 0 heterocycles. The Morgan fingerprint density at radius 1 is 1.15 bits per heavy atom. The number of carbonyl (C=O) groups excluding carboxylic acids is 1. The lowest BCUT2D eigenvalue weighted by atomic mass is 9.40. The quantitative estimate of drug-likeness (QED) is 0.587. The maximum Gasteiger partial charge on any atom is 0.274 e. The van der Waals surface area contributed by atoms with Gasteiger partial charge in [-0.05, 0) is 55.3 Å².